The van der Waals surface area contributed by atoms with Gasteiger partial charge in [0, 0.05) is 12.2 Å². The number of carboxylic acids is 1. The van der Waals surface area contributed by atoms with Crippen LogP contribution in [-0.4, -0.2) is 39.2 Å². The van der Waals surface area contributed by atoms with Gasteiger partial charge >= 0.3 is 5.97 Å². The molecule has 1 amide bonds. The van der Waals surface area contributed by atoms with E-state index in [1.165, 1.54) is 13.0 Å². The van der Waals surface area contributed by atoms with Crippen molar-refractivity contribution in [2.45, 2.75) is 25.9 Å². The average Bonchev–Trinajstić information content (AvgIpc) is 2.24. The first kappa shape index (κ1) is 14.9. The third-order valence-corrected chi connectivity index (χ3v) is 2.46. The Morgan fingerprint density at radius 1 is 1.42 bits per heavy atom. The molecule has 104 valence electrons. The lowest BCUT2D eigenvalue weighted by Crippen LogP contribution is -2.43. The molecule has 1 unspecified atom stereocenters. The highest BCUT2D eigenvalue weighted by molar-refractivity contribution is 5.93. The molecule has 0 spiro atoms. The molecule has 1 aromatic heterocycles. The second-order valence-electron chi connectivity index (χ2n) is 4.63. The van der Waals surface area contributed by atoms with E-state index in [2.05, 4.69) is 10.3 Å². The number of pyridine rings is 1. The maximum absolute atomic E-state index is 11.7. The normalized spacial score (nSPS) is 13.6. The number of carbonyl (C=O) groups excluding carboxylic acids is 1. The summed E-state index contributed by atoms with van der Waals surface area (Å²) in [6.45, 7) is 2.72. The number of aliphatic carboxylic acids is 1. The number of carboxylic acid groups (broad SMARTS) is 1. The van der Waals surface area contributed by atoms with Gasteiger partial charge in [0.25, 0.3) is 11.5 Å². The zero-order valence-electron chi connectivity index (χ0n) is 10.7. The van der Waals surface area contributed by atoms with E-state index >= 15 is 0 Å². The van der Waals surface area contributed by atoms with Crippen LogP contribution in [0.25, 0.3) is 0 Å². The number of H-pyrrole nitrogens is 1. The van der Waals surface area contributed by atoms with E-state index in [1.54, 1.807) is 13.0 Å². The van der Waals surface area contributed by atoms with Gasteiger partial charge in [0.2, 0.25) is 0 Å². The topological polar surface area (TPSA) is 119 Å². The fraction of sp³-hybridized carbons (Fsp3) is 0.417. The highest BCUT2D eigenvalue weighted by Gasteiger charge is 2.25. The summed E-state index contributed by atoms with van der Waals surface area (Å²) in [6.07, 6.45) is -0.502. The van der Waals surface area contributed by atoms with Crippen molar-refractivity contribution in [2.24, 2.45) is 0 Å². The number of nitrogens with one attached hydrogen (secondary N) is 2. The van der Waals surface area contributed by atoms with Crippen LogP contribution in [0.15, 0.2) is 16.9 Å². The molecule has 0 aliphatic heterocycles. The van der Waals surface area contributed by atoms with Gasteiger partial charge in [-0.1, -0.05) is 0 Å². The number of rotatable bonds is 5. The minimum atomic E-state index is -1.57. The maximum Gasteiger partial charge on any atom is 0.306 e. The molecular weight excluding hydrogens is 252 g/mol. The van der Waals surface area contributed by atoms with Crippen molar-refractivity contribution in [1.29, 1.82) is 0 Å². The van der Waals surface area contributed by atoms with Crippen molar-refractivity contribution in [3.63, 3.8) is 0 Å². The Morgan fingerprint density at radius 2 is 2.05 bits per heavy atom. The molecule has 1 rings (SSSR count). The zero-order valence-corrected chi connectivity index (χ0v) is 10.7. The molecule has 1 aromatic rings. The molecule has 0 saturated carbocycles. The highest BCUT2D eigenvalue weighted by Crippen LogP contribution is 2.07. The fourth-order valence-electron chi connectivity index (χ4n) is 1.51. The molecule has 0 bridgehead atoms. The zero-order chi connectivity index (χ0) is 14.6. The molecule has 0 aliphatic rings. The third-order valence-electron chi connectivity index (χ3n) is 2.46. The molecule has 1 heterocycles. The number of hydrogen-bond donors (Lipinski definition) is 4. The SMILES string of the molecule is Cc1ccc(C(=O)NCC(C)(O)CC(=O)O)c(=O)[nH]1. The first-order chi connectivity index (χ1) is 8.71. The van der Waals surface area contributed by atoms with Crippen LogP contribution in [0.1, 0.15) is 29.4 Å². The Labute approximate surface area is 109 Å². The van der Waals surface area contributed by atoms with Gasteiger partial charge < -0.3 is 20.5 Å². The molecule has 0 aromatic carbocycles. The summed E-state index contributed by atoms with van der Waals surface area (Å²) in [4.78, 5) is 36.2. The van der Waals surface area contributed by atoms with Gasteiger partial charge in [0.1, 0.15) is 5.56 Å². The number of hydrogen-bond acceptors (Lipinski definition) is 4. The van der Waals surface area contributed by atoms with Gasteiger partial charge in [-0.25, -0.2) is 0 Å². The second kappa shape index (κ2) is 5.66. The van der Waals surface area contributed by atoms with Crippen LogP contribution in [0.2, 0.25) is 0 Å². The molecule has 4 N–H and O–H groups in total. The van der Waals surface area contributed by atoms with E-state index in [0.29, 0.717) is 5.69 Å². The Morgan fingerprint density at radius 3 is 2.58 bits per heavy atom. The van der Waals surface area contributed by atoms with Crippen LogP contribution < -0.4 is 10.9 Å². The molecule has 1 atom stereocenters. The first-order valence-electron chi connectivity index (χ1n) is 5.63. The molecular formula is C12H16N2O5. The highest BCUT2D eigenvalue weighted by atomic mass is 16.4. The summed E-state index contributed by atoms with van der Waals surface area (Å²) in [7, 11) is 0. The van der Waals surface area contributed by atoms with E-state index in [-0.39, 0.29) is 12.1 Å². The quantitative estimate of drug-likeness (QED) is 0.581. The standard InChI is InChI=1S/C12H16N2O5/c1-7-3-4-8(11(18)14-7)10(17)13-6-12(2,19)5-9(15)16/h3-4,19H,5-6H2,1-2H3,(H,13,17)(H,14,18)(H,15,16). The van der Waals surface area contributed by atoms with E-state index in [1.807, 2.05) is 0 Å². The lowest BCUT2D eigenvalue weighted by atomic mass is 10.0. The Balaban J connectivity index is 2.70. The van der Waals surface area contributed by atoms with Crippen molar-refractivity contribution in [2.75, 3.05) is 6.54 Å². The van der Waals surface area contributed by atoms with Crippen molar-refractivity contribution in [3.8, 4) is 0 Å². The predicted octanol–water partition coefficient (Wildman–Crippen LogP) is -0.361. The molecule has 7 heteroatoms. The minimum Gasteiger partial charge on any atom is -0.481 e. The average molecular weight is 268 g/mol. The van der Waals surface area contributed by atoms with Crippen LogP contribution in [-0.2, 0) is 4.79 Å². The summed E-state index contributed by atoms with van der Waals surface area (Å²) in [5.74, 6) is -1.83. The third kappa shape index (κ3) is 4.55. The van der Waals surface area contributed by atoms with E-state index in [4.69, 9.17) is 5.11 Å². The summed E-state index contributed by atoms with van der Waals surface area (Å²) in [5.41, 5.74) is -1.56. The van der Waals surface area contributed by atoms with Gasteiger partial charge in [-0.05, 0) is 26.0 Å². The lowest BCUT2D eigenvalue weighted by Gasteiger charge is -2.21. The molecule has 7 nitrogen and oxygen atoms in total. The van der Waals surface area contributed by atoms with Crippen LogP contribution in [0.4, 0.5) is 0 Å². The Bertz CT molecular complexity index is 547. The maximum atomic E-state index is 11.7. The number of aromatic amines is 1. The number of aromatic nitrogens is 1. The van der Waals surface area contributed by atoms with Gasteiger partial charge in [0.15, 0.2) is 0 Å². The molecule has 19 heavy (non-hydrogen) atoms. The predicted molar refractivity (Wildman–Crippen MR) is 67.0 cm³/mol. The summed E-state index contributed by atoms with van der Waals surface area (Å²) >= 11 is 0. The molecule has 0 radical (unpaired) electrons. The smallest absolute Gasteiger partial charge is 0.306 e. The number of aliphatic hydroxyl groups is 1. The summed E-state index contributed by atoms with van der Waals surface area (Å²) in [5, 5.41) is 20.6. The van der Waals surface area contributed by atoms with Crippen molar-refractivity contribution >= 4 is 11.9 Å². The van der Waals surface area contributed by atoms with Crippen molar-refractivity contribution < 1.29 is 19.8 Å². The van der Waals surface area contributed by atoms with Crippen molar-refractivity contribution in [1.82, 2.24) is 10.3 Å². The molecule has 0 saturated heterocycles. The monoisotopic (exact) mass is 268 g/mol. The second-order valence-corrected chi connectivity index (χ2v) is 4.63. The van der Waals surface area contributed by atoms with E-state index < -0.39 is 29.5 Å². The number of amides is 1. The lowest BCUT2D eigenvalue weighted by molar-refractivity contribution is -0.141. The van der Waals surface area contributed by atoms with Crippen LogP contribution in [0, 0.1) is 6.92 Å². The van der Waals surface area contributed by atoms with E-state index in [0.717, 1.165) is 0 Å². The largest absolute Gasteiger partial charge is 0.481 e. The van der Waals surface area contributed by atoms with Gasteiger partial charge in [0.05, 0.1) is 12.0 Å². The van der Waals surface area contributed by atoms with Crippen molar-refractivity contribution in [3.05, 3.63) is 33.7 Å². The van der Waals surface area contributed by atoms with Crippen LogP contribution in [0.5, 0.6) is 0 Å². The Hall–Kier alpha value is -2.15. The minimum absolute atomic E-state index is 0.0864. The first-order valence-corrected chi connectivity index (χ1v) is 5.63. The summed E-state index contributed by atoms with van der Waals surface area (Å²) in [6, 6.07) is 2.95. The van der Waals surface area contributed by atoms with Gasteiger partial charge in [-0.15, -0.1) is 0 Å². The van der Waals surface area contributed by atoms with Gasteiger partial charge in [-0.3, -0.25) is 14.4 Å². The number of carbonyl (C=O) groups is 2. The van der Waals surface area contributed by atoms with Crippen LogP contribution in [0.3, 0.4) is 0 Å². The van der Waals surface area contributed by atoms with Gasteiger partial charge in [-0.2, -0.15) is 0 Å². The fourth-order valence-corrected chi connectivity index (χ4v) is 1.51. The molecule has 0 fully saturated rings. The summed E-state index contributed by atoms with van der Waals surface area (Å²) < 4.78 is 0. The van der Waals surface area contributed by atoms with Crippen LogP contribution >= 0.6 is 0 Å². The Kier molecular flexibility index (Phi) is 4.44. The van der Waals surface area contributed by atoms with E-state index in [9.17, 15) is 19.5 Å². The number of aryl methyl sites for hydroxylation is 1. The molecule has 0 aliphatic carbocycles.